The number of carbonyl (C=O) groups is 2. The maximum atomic E-state index is 11.7. The molecule has 1 rings (SSSR count). The van der Waals surface area contributed by atoms with Crippen LogP contribution in [0.4, 0.5) is 0 Å². The molecule has 0 aliphatic heterocycles. The highest BCUT2D eigenvalue weighted by Crippen LogP contribution is 2.04. The van der Waals surface area contributed by atoms with Gasteiger partial charge in [-0.25, -0.2) is 4.79 Å². The first-order valence-corrected chi connectivity index (χ1v) is 5.11. The predicted octanol–water partition coefficient (Wildman–Crippen LogP) is 1.53. The van der Waals surface area contributed by atoms with Gasteiger partial charge < -0.3 is 10.4 Å². The van der Waals surface area contributed by atoms with Crippen molar-refractivity contribution in [1.29, 1.82) is 0 Å². The normalized spacial score (nSPS) is 12.2. The van der Waals surface area contributed by atoms with Crippen LogP contribution in [0.2, 0.25) is 0 Å². The Morgan fingerprint density at radius 1 is 1.19 bits per heavy atom. The molecule has 0 spiro atoms. The summed E-state index contributed by atoms with van der Waals surface area (Å²) >= 11 is 0. The van der Waals surface area contributed by atoms with Crippen LogP contribution in [0.15, 0.2) is 30.3 Å². The Morgan fingerprint density at radius 2 is 1.75 bits per heavy atom. The van der Waals surface area contributed by atoms with Crippen molar-refractivity contribution in [3.8, 4) is 0 Å². The molecule has 1 atom stereocenters. The van der Waals surface area contributed by atoms with Gasteiger partial charge in [0.1, 0.15) is 6.04 Å². The minimum atomic E-state index is -1.01. The van der Waals surface area contributed by atoms with Gasteiger partial charge in [-0.15, -0.1) is 0 Å². The first-order chi connectivity index (χ1) is 7.52. The van der Waals surface area contributed by atoms with Crippen LogP contribution < -0.4 is 5.32 Å². The fourth-order valence-electron chi connectivity index (χ4n) is 1.33. The Morgan fingerprint density at radius 3 is 2.19 bits per heavy atom. The van der Waals surface area contributed by atoms with Gasteiger partial charge in [0.15, 0.2) is 0 Å². The van der Waals surface area contributed by atoms with E-state index in [0.717, 1.165) is 0 Å². The first kappa shape index (κ1) is 12.2. The van der Waals surface area contributed by atoms with Crippen LogP contribution in [0.1, 0.15) is 24.2 Å². The van der Waals surface area contributed by atoms with Crippen molar-refractivity contribution in [2.75, 3.05) is 0 Å². The molecule has 86 valence electrons. The van der Waals surface area contributed by atoms with Crippen LogP contribution in [-0.2, 0) is 4.79 Å². The molecule has 0 radical (unpaired) electrons. The van der Waals surface area contributed by atoms with E-state index in [1.165, 1.54) is 0 Å². The van der Waals surface area contributed by atoms with Crippen LogP contribution in [0.5, 0.6) is 0 Å². The Hall–Kier alpha value is -1.84. The molecular weight excluding hydrogens is 206 g/mol. The van der Waals surface area contributed by atoms with Crippen LogP contribution in [0, 0.1) is 5.92 Å². The smallest absolute Gasteiger partial charge is 0.326 e. The minimum Gasteiger partial charge on any atom is -0.480 e. The number of amides is 1. The van der Waals surface area contributed by atoms with Crippen LogP contribution >= 0.6 is 0 Å². The van der Waals surface area contributed by atoms with E-state index in [2.05, 4.69) is 5.32 Å². The van der Waals surface area contributed by atoms with E-state index in [9.17, 15) is 9.59 Å². The summed E-state index contributed by atoms with van der Waals surface area (Å²) in [6, 6.07) is 7.71. The lowest BCUT2D eigenvalue weighted by Gasteiger charge is -2.17. The molecule has 4 nitrogen and oxygen atoms in total. The number of carboxylic acid groups (broad SMARTS) is 1. The van der Waals surface area contributed by atoms with Gasteiger partial charge in [-0.1, -0.05) is 32.0 Å². The number of hydrogen-bond donors (Lipinski definition) is 2. The number of nitrogens with one attached hydrogen (secondary N) is 1. The van der Waals surface area contributed by atoms with Crippen LogP contribution in [-0.4, -0.2) is 23.0 Å². The van der Waals surface area contributed by atoms with Gasteiger partial charge in [0.25, 0.3) is 5.91 Å². The predicted molar refractivity (Wildman–Crippen MR) is 60.2 cm³/mol. The molecule has 0 saturated carbocycles. The number of hydrogen-bond acceptors (Lipinski definition) is 2. The van der Waals surface area contributed by atoms with Crippen molar-refractivity contribution in [3.63, 3.8) is 0 Å². The van der Waals surface area contributed by atoms with Crippen molar-refractivity contribution in [2.24, 2.45) is 5.92 Å². The summed E-state index contributed by atoms with van der Waals surface area (Å²) in [5.74, 6) is -1.52. The molecule has 2 N–H and O–H groups in total. The number of aliphatic carboxylic acids is 1. The third-order valence-corrected chi connectivity index (χ3v) is 2.26. The zero-order valence-electron chi connectivity index (χ0n) is 9.31. The third kappa shape index (κ3) is 3.08. The molecule has 0 unspecified atom stereocenters. The molecule has 1 amide bonds. The summed E-state index contributed by atoms with van der Waals surface area (Å²) in [5, 5.41) is 11.4. The van der Waals surface area contributed by atoms with E-state index in [1.54, 1.807) is 44.2 Å². The van der Waals surface area contributed by atoms with Gasteiger partial charge in [-0.05, 0) is 18.1 Å². The van der Waals surface area contributed by atoms with E-state index >= 15 is 0 Å². The highest BCUT2D eigenvalue weighted by Gasteiger charge is 2.23. The Labute approximate surface area is 94.3 Å². The van der Waals surface area contributed by atoms with Crippen molar-refractivity contribution in [2.45, 2.75) is 19.9 Å². The first-order valence-electron chi connectivity index (χ1n) is 5.11. The lowest BCUT2D eigenvalue weighted by Crippen LogP contribution is -2.44. The highest BCUT2D eigenvalue weighted by molar-refractivity contribution is 5.96. The molecule has 0 saturated heterocycles. The molecule has 0 aromatic heterocycles. The summed E-state index contributed by atoms with van der Waals surface area (Å²) in [6.07, 6.45) is 0. The molecule has 0 aliphatic rings. The number of carbonyl (C=O) groups excluding carboxylic acids is 1. The molecule has 1 aromatic rings. The molecular formula is C12H15NO3. The van der Waals surface area contributed by atoms with E-state index in [0.29, 0.717) is 5.56 Å². The number of benzene rings is 1. The Balaban J connectivity index is 2.74. The quantitative estimate of drug-likeness (QED) is 0.810. The fraction of sp³-hybridized carbons (Fsp3) is 0.333. The highest BCUT2D eigenvalue weighted by atomic mass is 16.4. The van der Waals surface area contributed by atoms with Gasteiger partial charge in [-0.2, -0.15) is 0 Å². The molecule has 4 heteroatoms. The maximum Gasteiger partial charge on any atom is 0.326 e. The van der Waals surface area contributed by atoms with Crippen LogP contribution in [0.3, 0.4) is 0 Å². The third-order valence-electron chi connectivity index (χ3n) is 2.26. The van der Waals surface area contributed by atoms with E-state index < -0.39 is 12.0 Å². The van der Waals surface area contributed by atoms with Crippen molar-refractivity contribution in [1.82, 2.24) is 5.32 Å². The summed E-state index contributed by atoms with van der Waals surface area (Å²) in [7, 11) is 0. The molecule has 16 heavy (non-hydrogen) atoms. The van der Waals surface area contributed by atoms with E-state index in [-0.39, 0.29) is 11.8 Å². The van der Waals surface area contributed by atoms with Gasteiger partial charge >= 0.3 is 5.97 Å². The van der Waals surface area contributed by atoms with Crippen LogP contribution in [0.25, 0.3) is 0 Å². The monoisotopic (exact) mass is 221 g/mol. The lowest BCUT2D eigenvalue weighted by atomic mass is 10.0. The second-order valence-electron chi connectivity index (χ2n) is 3.90. The second kappa shape index (κ2) is 5.30. The average Bonchev–Trinajstić information content (AvgIpc) is 2.25. The number of carboxylic acids is 1. The fourth-order valence-corrected chi connectivity index (χ4v) is 1.33. The average molecular weight is 221 g/mol. The molecule has 0 aliphatic carbocycles. The van der Waals surface area contributed by atoms with Gasteiger partial charge in [0.2, 0.25) is 0 Å². The SMILES string of the molecule is CC(C)[C@H](NC(=O)c1ccccc1)C(=O)O. The maximum absolute atomic E-state index is 11.7. The molecule has 0 bridgehead atoms. The van der Waals surface area contributed by atoms with Crippen molar-refractivity contribution in [3.05, 3.63) is 35.9 Å². The largest absolute Gasteiger partial charge is 0.480 e. The minimum absolute atomic E-state index is 0.148. The summed E-state index contributed by atoms with van der Waals surface area (Å²) in [5.41, 5.74) is 0.467. The topological polar surface area (TPSA) is 66.4 Å². The Bertz CT molecular complexity index is 373. The van der Waals surface area contributed by atoms with Gasteiger partial charge in [0.05, 0.1) is 0 Å². The summed E-state index contributed by atoms with van der Waals surface area (Å²) in [4.78, 5) is 22.6. The second-order valence-corrected chi connectivity index (χ2v) is 3.90. The zero-order valence-corrected chi connectivity index (χ0v) is 9.31. The summed E-state index contributed by atoms with van der Waals surface area (Å²) < 4.78 is 0. The van der Waals surface area contributed by atoms with Gasteiger partial charge in [-0.3, -0.25) is 4.79 Å². The van der Waals surface area contributed by atoms with Crippen molar-refractivity contribution >= 4 is 11.9 Å². The molecule has 0 fully saturated rings. The lowest BCUT2D eigenvalue weighted by molar-refractivity contribution is -0.140. The standard InChI is InChI=1S/C12H15NO3/c1-8(2)10(12(15)16)13-11(14)9-6-4-3-5-7-9/h3-8,10H,1-2H3,(H,13,14)(H,15,16)/t10-/m0/s1. The van der Waals surface area contributed by atoms with E-state index in [4.69, 9.17) is 5.11 Å². The summed E-state index contributed by atoms with van der Waals surface area (Å²) in [6.45, 7) is 3.51. The molecule has 1 aromatic carbocycles. The van der Waals surface area contributed by atoms with Gasteiger partial charge in [0, 0.05) is 5.56 Å². The Kier molecular flexibility index (Phi) is 4.05. The van der Waals surface area contributed by atoms with E-state index in [1.807, 2.05) is 0 Å². The van der Waals surface area contributed by atoms with Crippen molar-refractivity contribution < 1.29 is 14.7 Å². The molecule has 0 heterocycles. The zero-order chi connectivity index (χ0) is 12.1. The number of rotatable bonds is 4.